The van der Waals surface area contributed by atoms with Gasteiger partial charge in [-0.2, -0.15) is 0 Å². The van der Waals surface area contributed by atoms with Crippen LogP contribution in [0.3, 0.4) is 0 Å². The molecule has 0 spiro atoms. The highest BCUT2D eigenvalue weighted by Gasteiger charge is 2.45. The van der Waals surface area contributed by atoms with E-state index < -0.39 is 17.9 Å². The molecule has 0 aromatic heterocycles. The number of fused-ring (bicyclic) bond motifs is 1. The van der Waals surface area contributed by atoms with Crippen LogP contribution in [0.1, 0.15) is 98.3 Å². The fourth-order valence-electron chi connectivity index (χ4n) is 6.55. The van der Waals surface area contributed by atoms with Crippen LogP contribution in [0.2, 0.25) is 0 Å². The van der Waals surface area contributed by atoms with Crippen molar-refractivity contribution in [2.75, 3.05) is 0 Å². The fraction of sp³-hybridized carbons (Fsp3) is 0.724. The van der Waals surface area contributed by atoms with E-state index in [0.29, 0.717) is 23.8 Å². The lowest BCUT2D eigenvalue weighted by Crippen LogP contribution is -2.32. The number of hydrogen-bond donors (Lipinski definition) is 2. The molecule has 0 radical (unpaired) electrons. The molecule has 2 N–H and O–H groups in total. The highest BCUT2D eigenvalue weighted by Crippen LogP contribution is 2.57. The number of aliphatic hydroxyl groups excluding tert-OH is 1. The van der Waals surface area contributed by atoms with Crippen molar-refractivity contribution in [3.05, 3.63) is 47.1 Å². The Morgan fingerprint density at radius 3 is 2.72 bits per heavy atom. The highest BCUT2D eigenvalue weighted by atomic mass is 19.1. The van der Waals surface area contributed by atoms with E-state index in [1.807, 2.05) is 6.08 Å². The van der Waals surface area contributed by atoms with Gasteiger partial charge in [-0.3, -0.25) is 0 Å². The molecule has 2 fully saturated rings. The number of halogens is 1. The third-order valence-corrected chi connectivity index (χ3v) is 8.96. The summed E-state index contributed by atoms with van der Waals surface area (Å²) >= 11 is 0. The standard InChI is InChI=1S/C29H45FO2/c1-6-29(32,7-2)17-8-10-20(3)25-14-15-26-22(11-9-16-28(25,26)5)12-13-23-18-24(31)19-27(30)21(23)4/h12-14,20,24,26-27,31-32H,4,6-11,15-19H2,1-3,5H3. The molecule has 0 aromatic carbocycles. The van der Waals surface area contributed by atoms with Gasteiger partial charge in [0, 0.05) is 6.42 Å². The van der Waals surface area contributed by atoms with Gasteiger partial charge in [-0.1, -0.05) is 70.1 Å². The Balaban J connectivity index is 1.68. The maximum absolute atomic E-state index is 14.1. The molecule has 0 bridgehead atoms. The Hall–Kier alpha value is -1.19. The molecule has 5 unspecified atom stereocenters. The van der Waals surface area contributed by atoms with Gasteiger partial charge >= 0.3 is 0 Å². The first-order valence-electron chi connectivity index (χ1n) is 13.0. The van der Waals surface area contributed by atoms with Gasteiger partial charge in [0.1, 0.15) is 6.17 Å². The van der Waals surface area contributed by atoms with Gasteiger partial charge in [-0.05, 0) is 86.2 Å². The summed E-state index contributed by atoms with van der Waals surface area (Å²) in [6.07, 6.45) is 15.1. The van der Waals surface area contributed by atoms with Crippen LogP contribution in [-0.4, -0.2) is 28.1 Å². The van der Waals surface area contributed by atoms with Crippen molar-refractivity contribution in [1.82, 2.24) is 0 Å². The summed E-state index contributed by atoms with van der Waals surface area (Å²) in [6, 6.07) is 0. The van der Waals surface area contributed by atoms with Gasteiger partial charge in [0.05, 0.1) is 11.7 Å². The molecule has 3 rings (SSSR count). The van der Waals surface area contributed by atoms with Crippen molar-refractivity contribution in [2.45, 2.75) is 116 Å². The predicted octanol–water partition coefficient (Wildman–Crippen LogP) is 7.38. The minimum atomic E-state index is -1.13. The Morgan fingerprint density at radius 2 is 2.03 bits per heavy atom. The van der Waals surface area contributed by atoms with Crippen LogP contribution in [0.5, 0.6) is 0 Å². The van der Waals surface area contributed by atoms with E-state index >= 15 is 0 Å². The van der Waals surface area contributed by atoms with Crippen LogP contribution in [0.4, 0.5) is 4.39 Å². The van der Waals surface area contributed by atoms with Crippen molar-refractivity contribution >= 4 is 0 Å². The number of alkyl halides is 1. The van der Waals surface area contributed by atoms with Gasteiger partial charge in [0.2, 0.25) is 0 Å². The van der Waals surface area contributed by atoms with Gasteiger partial charge in [-0.25, -0.2) is 4.39 Å². The minimum absolute atomic E-state index is 0.173. The second-order valence-corrected chi connectivity index (χ2v) is 11.0. The number of allylic oxidation sites excluding steroid dienone is 6. The van der Waals surface area contributed by atoms with E-state index in [1.54, 1.807) is 5.57 Å². The number of hydrogen-bond acceptors (Lipinski definition) is 2. The van der Waals surface area contributed by atoms with Gasteiger partial charge in [0.15, 0.2) is 0 Å². The number of aliphatic hydroxyl groups is 2. The fourth-order valence-corrected chi connectivity index (χ4v) is 6.55. The maximum Gasteiger partial charge on any atom is 0.127 e. The lowest BCUT2D eigenvalue weighted by molar-refractivity contribution is 0.0204. The molecule has 0 aromatic rings. The first-order chi connectivity index (χ1) is 15.1. The van der Waals surface area contributed by atoms with E-state index in [-0.39, 0.29) is 11.8 Å². The van der Waals surface area contributed by atoms with E-state index in [0.717, 1.165) is 50.5 Å². The zero-order valence-electron chi connectivity index (χ0n) is 20.8. The molecule has 0 amide bonds. The largest absolute Gasteiger partial charge is 0.393 e. The summed E-state index contributed by atoms with van der Waals surface area (Å²) in [7, 11) is 0. The predicted molar refractivity (Wildman–Crippen MR) is 132 cm³/mol. The zero-order chi connectivity index (χ0) is 23.5. The molecule has 3 aliphatic carbocycles. The summed E-state index contributed by atoms with van der Waals surface area (Å²) in [5, 5.41) is 20.6. The molecule has 3 heteroatoms. The molecule has 0 aliphatic heterocycles. The van der Waals surface area contributed by atoms with E-state index in [9.17, 15) is 14.6 Å². The van der Waals surface area contributed by atoms with Crippen molar-refractivity contribution in [3.8, 4) is 0 Å². The van der Waals surface area contributed by atoms with E-state index in [1.165, 1.54) is 18.4 Å². The zero-order valence-corrected chi connectivity index (χ0v) is 20.8. The third kappa shape index (κ3) is 5.30. The Labute approximate surface area is 195 Å². The van der Waals surface area contributed by atoms with Crippen molar-refractivity contribution < 1.29 is 14.6 Å². The van der Waals surface area contributed by atoms with Gasteiger partial charge in [-0.15, -0.1) is 0 Å². The molecule has 3 aliphatic rings. The summed E-state index contributed by atoms with van der Waals surface area (Å²) in [5.74, 6) is 1.07. The average Bonchev–Trinajstić information content (AvgIpc) is 3.12. The SMILES string of the molecule is C=C1C(=CC=C2CCCC3(C)C(C(C)CCCC(O)(CC)CC)=CCC23)CC(O)CC1F. The molecule has 0 heterocycles. The first kappa shape index (κ1) is 25.4. The Kier molecular flexibility index (Phi) is 8.25. The van der Waals surface area contributed by atoms with E-state index in [4.69, 9.17) is 0 Å². The molecule has 180 valence electrons. The van der Waals surface area contributed by atoms with Crippen LogP contribution in [0.15, 0.2) is 47.1 Å². The number of rotatable bonds is 8. The quantitative estimate of drug-likeness (QED) is 0.383. The maximum atomic E-state index is 14.1. The summed E-state index contributed by atoms with van der Waals surface area (Å²) < 4.78 is 14.1. The summed E-state index contributed by atoms with van der Waals surface area (Å²) in [6.45, 7) is 12.9. The van der Waals surface area contributed by atoms with Crippen molar-refractivity contribution in [3.63, 3.8) is 0 Å². The summed E-state index contributed by atoms with van der Waals surface area (Å²) in [5.41, 5.74) is 4.20. The molecular formula is C29H45FO2. The lowest BCUT2D eigenvalue weighted by Gasteiger charge is -2.42. The lowest BCUT2D eigenvalue weighted by atomic mass is 9.62. The first-order valence-corrected chi connectivity index (χ1v) is 13.0. The Bertz CT molecular complexity index is 772. The smallest absolute Gasteiger partial charge is 0.127 e. The van der Waals surface area contributed by atoms with Gasteiger partial charge in [0.25, 0.3) is 0 Å². The summed E-state index contributed by atoms with van der Waals surface area (Å²) in [4.78, 5) is 0. The molecular weight excluding hydrogens is 399 g/mol. The third-order valence-electron chi connectivity index (χ3n) is 8.96. The highest BCUT2D eigenvalue weighted by molar-refractivity contribution is 5.40. The topological polar surface area (TPSA) is 40.5 Å². The second kappa shape index (κ2) is 10.4. The Morgan fingerprint density at radius 1 is 1.31 bits per heavy atom. The molecule has 0 saturated heterocycles. The minimum Gasteiger partial charge on any atom is -0.393 e. The van der Waals surface area contributed by atoms with E-state index in [2.05, 4.69) is 46.4 Å². The van der Waals surface area contributed by atoms with Crippen LogP contribution >= 0.6 is 0 Å². The molecule has 32 heavy (non-hydrogen) atoms. The van der Waals surface area contributed by atoms with Crippen LogP contribution in [0.25, 0.3) is 0 Å². The van der Waals surface area contributed by atoms with Crippen LogP contribution < -0.4 is 0 Å². The molecule has 2 saturated carbocycles. The monoisotopic (exact) mass is 444 g/mol. The van der Waals surface area contributed by atoms with Crippen LogP contribution in [-0.2, 0) is 0 Å². The normalized spacial score (nSPS) is 34.7. The van der Waals surface area contributed by atoms with Crippen molar-refractivity contribution in [1.29, 1.82) is 0 Å². The van der Waals surface area contributed by atoms with Gasteiger partial charge < -0.3 is 10.2 Å². The van der Waals surface area contributed by atoms with Crippen LogP contribution in [0, 0.1) is 17.3 Å². The average molecular weight is 445 g/mol. The second-order valence-electron chi connectivity index (χ2n) is 11.0. The molecule has 5 atom stereocenters. The molecule has 2 nitrogen and oxygen atoms in total. The van der Waals surface area contributed by atoms with Crippen molar-refractivity contribution in [2.24, 2.45) is 17.3 Å².